The molecular weight excluding hydrogens is 214 g/mol. The van der Waals surface area contributed by atoms with Crippen LogP contribution in [0, 0.1) is 0 Å². The Labute approximate surface area is 107 Å². The number of nitrogens with one attached hydrogen (secondary N) is 1. The van der Waals surface area contributed by atoms with Crippen LogP contribution in [0.3, 0.4) is 0 Å². The van der Waals surface area contributed by atoms with Crippen LogP contribution < -0.4 is 5.32 Å². The fourth-order valence-corrected chi connectivity index (χ4v) is 1.30. The molecule has 102 valence electrons. The Morgan fingerprint density at radius 1 is 1.18 bits per heavy atom. The van der Waals surface area contributed by atoms with Crippen molar-refractivity contribution in [3.05, 3.63) is 12.2 Å². The lowest BCUT2D eigenvalue weighted by Gasteiger charge is -2.10. The predicted molar refractivity (Wildman–Crippen MR) is 74.1 cm³/mol. The summed E-state index contributed by atoms with van der Waals surface area (Å²) in [5, 5.41) is 3.31. The van der Waals surface area contributed by atoms with Crippen molar-refractivity contribution in [1.82, 2.24) is 5.32 Å². The van der Waals surface area contributed by atoms with Crippen molar-refractivity contribution in [2.45, 2.75) is 66.5 Å². The molecule has 0 aliphatic rings. The molecule has 17 heavy (non-hydrogen) atoms. The molecule has 0 aromatic heterocycles. The van der Waals surface area contributed by atoms with E-state index in [0.717, 1.165) is 12.8 Å². The van der Waals surface area contributed by atoms with Crippen molar-refractivity contribution in [2.24, 2.45) is 0 Å². The Kier molecular flexibility index (Phi) is 12.7. The summed E-state index contributed by atoms with van der Waals surface area (Å²) in [6.07, 6.45) is 1.68. The molecule has 0 aliphatic heterocycles. The number of carbonyl (C=O) groups is 1. The summed E-state index contributed by atoms with van der Waals surface area (Å²) in [7, 11) is 0. The van der Waals surface area contributed by atoms with Gasteiger partial charge in [-0.15, -0.1) is 0 Å². The third-order valence-electron chi connectivity index (χ3n) is 1.78. The molecule has 0 saturated carbocycles. The Morgan fingerprint density at radius 2 is 1.65 bits per heavy atom. The predicted octanol–water partition coefficient (Wildman–Crippen LogP) is 3.30. The van der Waals surface area contributed by atoms with Gasteiger partial charge < -0.3 is 10.1 Å². The third-order valence-corrected chi connectivity index (χ3v) is 1.78. The third kappa shape index (κ3) is 15.2. The summed E-state index contributed by atoms with van der Waals surface area (Å²) in [5.41, 5.74) is 0.573. The summed E-state index contributed by atoms with van der Waals surface area (Å²) in [5.74, 6) is -0.260. The van der Waals surface area contributed by atoms with Crippen LogP contribution >= 0.6 is 0 Å². The van der Waals surface area contributed by atoms with Gasteiger partial charge in [-0.05, 0) is 13.3 Å². The second-order valence-electron chi connectivity index (χ2n) is 4.55. The summed E-state index contributed by atoms with van der Waals surface area (Å²) in [4.78, 5) is 10.8. The molecule has 3 heteroatoms. The maximum Gasteiger partial charge on any atom is 0.333 e. The van der Waals surface area contributed by atoms with Gasteiger partial charge in [0.15, 0.2) is 0 Å². The maximum atomic E-state index is 10.8. The zero-order chi connectivity index (χ0) is 13.8. The second-order valence-corrected chi connectivity index (χ2v) is 4.55. The van der Waals surface area contributed by atoms with E-state index in [9.17, 15) is 4.79 Å². The molecule has 0 spiro atoms. The molecule has 0 aliphatic carbocycles. The van der Waals surface area contributed by atoms with Gasteiger partial charge in [0, 0.05) is 17.7 Å². The standard InChI is InChI=1S/C8H14O2.C6H15N/c1-4-6-7(3)8(9)10-5-2;1-5(2)7-6(3)4/h3-6H2,1-2H3;5-7H,1-4H3. The van der Waals surface area contributed by atoms with Crippen molar-refractivity contribution >= 4 is 5.97 Å². The normalized spacial score (nSPS) is 9.88. The lowest BCUT2D eigenvalue weighted by Crippen LogP contribution is -2.29. The first-order valence-corrected chi connectivity index (χ1v) is 6.45. The maximum absolute atomic E-state index is 10.8. The average Bonchev–Trinajstić information content (AvgIpc) is 2.17. The van der Waals surface area contributed by atoms with E-state index in [1.807, 2.05) is 6.92 Å². The van der Waals surface area contributed by atoms with E-state index in [1.54, 1.807) is 6.92 Å². The number of rotatable bonds is 6. The molecule has 0 unspecified atom stereocenters. The van der Waals surface area contributed by atoms with Crippen LogP contribution in [0.15, 0.2) is 12.2 Å². The molecule has 0 fully saturated rings. The Balaban J connectivity index is 0. The fraction of sp³-hybridized carbons (Fsp3) is 0.786. The zero-order valence-corrected chi connectivity index (χ0v) is 12.3. The number of ether oxygens (including phenoxy) is 1. The molecule has 0 aromatic carbocycles. The molecule has 0 aromatic rings. The van der Waals surface area contributed by atoms with Gasteiger partial charge in [-0.3, -0.25) is 0 Å². The van der Waals surface area contributed by atoms with E-state index in [4.69, 9.17) is 4.74 Å². The lowest BCUT2D eigenvalue weighted by molar-refractivity contribution is -0.138. The van der Waals surface area contributed by atoms with Gasteiger partial charge in [0.2, 0.25) is 0 Å². The van der Waals surface area contributed by atoms with Crippen LogP contribution in [0.25, 0.3) is 0 Å². The number of carbonyl (C=O) groups excluding carboxylic acids is 1. The Bertz CT molecular complexity index is 188. The van der Waals surface area contributed by atoms with Crippen LogP contribution in [-0.2, 0) is 9.53 Å². The highest BCUT2D eigenvalue weighted by molar-refractivity contribution is 5.87. The molecule has 0 saturated heterocycles. The second kappa shape index (κ2) is 11.6. The smallest absolute Gasteiger partial charge is 0.333 e. The minimum absolute atomic E-state index is 0.260. The number of esters is 1. The van der Waals surface area contributed by atoms with E-state index in [0.29, 0.717) is 24.3 Å². The Hall–Kier alpha value is -0.830. The van der Waals surface area contributed by atoms with Crippen molar-refractivity contribution in [1.29, 1.82) is 0 Å². The van der Waals surface area contributed by atoms with Gasteiger partial charge in [0.25, 0.3) is 0 Å². The zero-order valence-electron chi connectivity index (χ0n) is 12.3. The van der Waals surface area contributed by atoms with Gasteiger partial charge in [-0.25, -0.2) is 4.79 Å². The minimum atomic E-state index is -0.260. The summed E-state index contributed by atoms with van der Waals surface area (Å²) < 4.78 is 4.72. The topological polar surface area (TPSA) is 38.3 Å². The summed E-state index contributed by atoms with van der Waals surface area (Å²) in [6.45, 7) is 16.4. The van der Waals surface area contributed by atoms with E-state index >= 15 is 0 Å². The van der Waals surface area contributed by atoms with Crippen LogP contribution in [0.5, 0.6) is 0 Å². The SMILES string of the molecule is C=C(CCC)C(=O)OCC.CC(C)NC(C)C. The average molecular weight is 243 g/mol. The van der Waals surface area contributed by atoms with E-state index in [-0.39, 0.29) is 5.97 Å². The largest absolute Gasteiger partial charge is 0.463 e. The first kappa shape index (κ1) is 18.5. The van der Waals surface area contributed by atoms with Crippen LogP contribution in [0.1, 0.15) is 54.4 Å². The van der Waals surface area contributed by atoms with Gasteiger partial charge >= 0.3 is 5.97 Å². The highest BCUT2D eigenvalue weighted by Crippen LogP contribution is 2.03. The summed E-state index contributed by atoms with van der Waals surface area (Å²) in [6, 6.07) is 1.25. The van der Waals surface area contributed by atoms with E-state index < -0.39 is 0 Å². The van der Waals surface area contributed by atoms with Crippen molar-refractivity contribution in [3.63, 3.8) is 0 Å². The van der Waals surface area contributed by atoms with Crippen LogP contribution in [0.2, 0.25) is 0 Å². The van der Waals surface area contributed by atoms with Crippen molar-refractivity contribution in [3.8, 4) is 0 Å². The van der Waals surface area contributed by atoms with Gasteiger partial charge in [0.1, 0.15) is 0 Å². The first-order chi connectivity index (χ1) is 7.84. The van der Waals surface area contributed by atoms with Gasteiger partial charge in [0.05, 0.1) is 6.61 Å². The van der Waals surface area contributed by atoms with Gasteiger partial charge in [-0.1, -0.05) is 47.6 Å². The molecule has 0 amide bonds. The van der Waals surface area contributed by atoms with E-state index in [2.05, 4.69) is 39.6 Å². The quantitative estimate of drug-likeness (QED) is 0.574. The highest BCUT2D eigenvalue weighted by atomic mass is 16.5. The molecule has 3 nitrogen and oxygen atoms in total. The number of hydrogen-bond donors (Lipinski definition) is 1. The first-order valence-electron chi connectivity index (χ1n) is 6.45. The van der Waals surface area contributed by atoms with E-state index in [1.165, 1.54) is 0 Å². The van der Waals surface area contributed by atoms with Crippen LogP contribution in [0.4, 0.5) is 0 Å². The monoisotopic (exact) mass is 243 g/mol. The molecular formula is C14H29NO2. The molecule has 0 atom stereocenters. The fourth-order valence-electron chi connectivity index (χ4n) is 1.30. The molecule has 1 N–H and O–H groups in total. The molecule has 0 rings (SSSR count). The van der Waals surface area contributed by atoms with Crippen molar-refractivity contribution < 1.29 is 9.53 Å². The highest BCUT2D eigenvalue weighted by Gasteiger charge is 2.04. The number of hydrogen-bond acceptors (Lipinski definition) is 3. The van der Waals surface area contributed by atoms with Crippen LogP contribution in [-0.4, -0.2) is 24.7 Å². The molecule has 0 bridgehead atoms. The minimum Gasteiger partial charge on any atom is -0.463 e. The van der Waals surface area contributed by atoms with Crippen molar-refractivity contribution in [2.75, 3.05) is 6.61 Å². The lowest BCUT2D eigenvalue weighted by atomic mass is 10.2. The van der Waals surface area contributed by atoms with Gasteiger partial charge in [-0.2, -0.15) is 0 Å². The summed E-state index contributed by atoms with van der Waals surface area (Å²) >= 11 is 0. The molecule has 0 radical (unpaired) electrons. The Morgan fingerprint density at radius 3 is 1.88 bits per heavy atom. The molecule has 0 heterocycles.